The lowest BCUT2D eigenvalue weighted by molar-refractivity contribution is 0.0992. The quantitative estimate of drug-likeness (QED) is 0.816. The van der Waals surface area contributed by atoms with E-state index in [-0.39, 0.29) is 17.1 Å². The first-order chi connectivity index (χ1) is 9.77. The van der Waals surface area contributed by atoms with Crippen molar-refractivity contribution >= 4 is 15.6 Å². The molecule has 0 heterocycles. The van der Waals surface area contributed by atoms with E-state index in [0.717, 1.165) is 11.8 Å². The Morgan fingerprint density at radius 2 is 1.86 bits per heavy atom. The third-order valence-corrected chi connectivity index (χ3v) is 4.36. The topological polar surface area (TPSA) is 51.2 Å². The predicted octanol–water partition coefficient (Wildman–Crippen LogP) is 2.96. The number of rotatable bonds is 4. The van der Waals surface area contributed by atoms with E-state index in [9.17, 15) is 17.6 Å². The molecule has 0 aliphatic heterocycles. The number of sulfone groups is 1. The van der Waals surface area contributed by atoms with E-state index >= 15 is 0 Å². The molecule has 0 fully saturated rings. The number of halogens is 1. The molecule has 2 rings (SSSR count). The number of hydrogen-bond acceptors (Lipinski definition) is 3. The van der Waals surface area contributed by atoms with Crippen LogP contribution in [0.2, 0.25) is 0 Å². The Morgan fingerprint density at radius 1 is 1.14 bits per heavy atom. The SMILES string of the molecule is Cc1ccc(F)cc1CC(=O)c1cccc(S(C)(=O)=O)c1. The third-order valence-electron chi connectivity index (χ3n) is 3.25. The summed E-state index contributed by atoms with van der Waals surface area (Å²) in [5.41, 5.74) is 1.73. The van der Waals surface area contributed by atoms with E-state index in [0.29, 0.717) is 11.1 Å². The van der Waals surface area contributed by atoms with Crippen LogP contribution in [0.15, 0.2) is 47.4 Å². The lowest BCUT2D eigenvalue weighted by Crippen LogP contribution is -2.07. The van der Waals surface area contributed by atoms with Crippen molar-refractivity contribution in [1.29, 1.82) is 0 Å². The molecule has 21 heavy (non-hydrogen) atoms. The van der Waals surface area contributed by atoms with E-state index in [1.165, 1.54) is 30.3 Å². The molecule has 0 aromatic heterocycles. The maximum absolute atomic E-state index is 13.2. The van der Waals surface area contributed by atoms with Crippen LogP contribution < -0.4 is 0 Å². The van der Waals surface area contributed by atoms with Gasteiger partial charge in [-0.25, -0.2) is 12.8 Å². The zero-order valence-corrected chi connectivity index (χ0v) is 12.6. The van der Waals surface area contributed by atoms with Crippen LogP contribution in [0.25, 0.3) is 0 Å². The lowest BCUT2D eigenvalue weighted by Gasteiger charge is -2.06. The van der Waals surface area contributed by atoms with Crippen LogP contribution in [0.1, 0.15) is 21.5 Å². The Balaban J connectivity index is 2.31. The Hall–Kier alpha value is -2.01. The Bertz CT molecular complexity index is 795. The van der Waals surface area contributed by atoms with Gasteiger partial charge in [0.1, 0.15) is 5.82 Å². The molecule has 0 radical (unpaired) electrons. The molecular weight excluding hydrogens is 291 g/mol. The molecule has 0 aliphatic carbocycles. The number of hydrogen-bond donors (Lipinski definition) is 0. The van der Waals surface area contributed by atoms with E-state index in [4.69, 9.17) is 0 Å². The Labute approximate surface area is 123 Å². The minimum absolute atomic E-state index is 0.0385. The van der Waals surface area contributed by atoms with Crippen molar-refractivity contribution in [2.24, 2.45) is 0 Å². The molecule has 0 saturated carbocycles. The van der Waals surface area contributed by atoms with Crippen LogP contribution in [-0.4, -0.2) is 20.5 Å². The van der Waals surface area contributed by atoms with Crippen LogP contribution in [0.4, 0.5) is 4.39 Å². The van der Waals surface area contributed by atoms with Crippen molar-refractivity contribution in [3.8, 4) is 0 Å². The van der Waals surface area contributed by atoms with Crippen molar-refractivity contribution < 1.29 is 17.6 Å². The molecule has 3 nitrogen and oxygen atoms in total. The molecule has 0 spiro atoms. The van der Waals surface area contributed by atoms with Gasteiger partial charge in [0.05, 0.1) is 4.90 Å². The van der Waals surface area contributed by atoms with Gasteiger partial charge in [0.15, 0.2) is 15.6 Å². The van der Waals surface area contributed by atoms with Crippen molar-refractivity contribution in [3.63, 3.8) is 0 Å². The summed E-state index contributed by atoms with van der Waals surface area (Å²) < 4.78 is 36.2. The number of ketones is 1. The summed E-state index contributed by atoms with van der Waals surface area (Å²) in [5.74, 6) is -0.637. The van der Waals surface area contributed by atoms with Gasteiger partial charge in [0, 0.05) is 18.2 Å². The first kappa shape index (κ1) is 15.4. The Morgan fingerprint density at radius 3 is 2.52 bits per heavy atom. The van der Waals surface area contributed by atoms with E-state index in [2.05, 4.69) is 0 Å². The molecule has 0 aliphatic rings. The number of carbonyl (C=O) groups excluding carboxylic acids is 1. The molecular formula is C16H15FO3S. The lowest BCUT2D eigenvalue weighted by atomic mass is 9.99. The van der Waals surface area contributed by atoms with Gasteiger partial charge < -0.3 is 0 Å². The van der Waals surface area contributed by atoms with E-state index < -0.39 is 15.7 Å². The van der Waals surface area contributed by atoms with Crippen molar-refractivity contribution in [2.45, 2.75) is 18.2 Å². The molecule has 2 aromatic rings. The summed E-state index contributed by atoms with van der Waals surface area (Å²) in [5, 5.41) is 0. The minimum Gasteiger partial charge on any atom is -0.294 e. The first-order valence-electron chi connectivity index (χ1n) is 6.36. The fourth-order valence-electron chi connectivity index (χ4n) is 2.01. The number of benzene rings is 2. The molecule has 0 saturated heterocycles. The highest BCUT2D eigenvalue weighted by Gasteiger charge is 2.13. The second kappa shape index (κ2) is 5.77. The zero-order valence-electron chi connectivity index (χ0n) is 11.8. The maximum atomic E-state index is 13.2. The zero-order chi connectivity index (χ0) is 15.6. The number of Topliss-reactive ketones (excluding diaryl/α,β-unsaturated/α-hetero) is 1. The van der Waals surface area contributed by atoms with Gasteiger partial charge in [-0.3, -0.25) is 4.79 Å². The highest BCUT2D eigenvalue weighted by Crippen LogP contribution is 2.16. The molecule has 5 heteroatoms. The van der Waals surface area contributed by atoms with Crippen LogP contribution in [0.5, 0.6) is 0 Å². The van der Waals surface area contributed by atoms with Gasteiger partial charge in [-0.2, -0.15) is 0 Å². The fraction of sp³-hybridized carbons (Fsp3) is 0.188. The summed E-state index contributed by atoms with van der Waals surface area (Å²) in [4.78, 5) is 12.3. The van der Waals surface area contributed by atoms with Crippen LogP contribution in [-0.2, 0) is 16.3 Å². The normalized spacial score (nSPS) is 11.4. The molecule has 2 aromatic carbocycles. The van der Waals surface area contributed by atoms with Gasteiger partial charge in [-0.1, -0.05) is 18.2 Å². The van der Waals surface area contributed by atoms with Gasteiger partial charge in [0.25, 0.3) is 0 Å². The number of aryl methyl sites for hydroxylation is 1. The molecule has 0 amide bonds. The molecule has 110 valence electrons. The third kappa shape index (κ3) is 3.76. The maximum Gasteiger partial charge on any atom is 0.175 e. The number of carbonyl (C=O) groups is 1. The molecule has 0 bridgehead atoms. The summed E-state index contributed by atoms with van der Waals surface area (Å²) in [6.07, 6.45) is 1.13. The summed E-state index contributed by atoms with van der Waals surface area (Å²) in [6.45, 7) is 1.80. The monoisotopic (exact) mass is 306 g/mol. The van der Waals surface area contributed by atoms with Crippen molar-refractivity contribution in [2.75, 3.05) is 6.26 Å². The first-order valence-corrected chi connectivity index (χ1v) is 8.25. The molecule has 0 N–H and O–H groups in total. The van der Waals surface area contributed by atoms with Gasteiger partial charge in [-0.15, -0.1) is 0 Å². The van der Waals surface area contributed by atoms with Gasteiger partial charge >= 0.3 is 0 Å². The second-order valence-corrected chi connectivity index (χ2v) is 6.99. The fourth-order valence-corrected chi connectivity index (χ4v) is 2.67. The standard InChI is InChI=1S/C16H15FO3S/c1-11-6-7-14(17)8-13(11)10-16(18)12-4-3-5-15(9-12)21(2,19)20/h3-9H,10H2,1-2H3. The van der Waals surface area contributed by atoms with Crippen LogP contribution >= 0.6 is 0 Å². The van der Waals surface area contributed by atoms with E-state index in [1.54, 1.807) is 19.1 Å². The highest BCUT2D eigenvalue weighted by atomic mass is 32.2. The smallest absolute Gasteiger partial charge is 0.175 e. The summed E-state index contributed by atoms with van der Waals surface area (Å²) in [6, 6.07) is 10.2. The summed E-state index contributed by atoms with van der Waals surface area (Å²) >= 11 is 0. The second-order valence-electron chi connectivity index (χ2n) is 4.97. The Kier molecular flexibility index (Phi) is 4.23. The highest BCUT2D eigenvalue weighted by molar-refractivity contribution is 7.90. The molecule has 0 atom stereocenters. The van der Waals surface area contributed by atoms with E-state index in [1.807, 2.05) is 0 Å². The van der Waals surface area contributed by atoms with Crippen molar-refractivity contribution in [1.82, 2.24) is 0 Å². The molecule has 0 unspecified atom stereocenters. The predicted molar refractivity (Wildman–Crippen MR) is 78.7 cm³/mol. The average Bonchev–Trinajstić information content (AvgIpc) is 2.42. The van der Waals surface area contributed by atoms with Gasteiger partial charge in [-0.05, 0) is 42.3 Å². The average molecular weight is 306 g/mol. The van der Waals surface area contributed by atoms with Crippen molar-refractivity contribution in [3.05, 3.63) is 65.0 Å². The van der Waals surface area contributed by atoms with Crippen LogP contribution in [0.3, 0.4) is 0 Å². The van der Waals surface area contributed by atoms with Gasteiger partial charge in [0.2, 0.25) is 0 Å². The van der Waals surface area contributed by atoms with Crippen LogP contribution in [0, 0.1) is 12.7 Å². The largest absolute Gasteiger partial charge is 0.294 e. The summed E-state index contributed by atoms with van der Waals surface area (Å²) in [7, 11) is -3.36. The minimum atomic E-state index is -3.36.